The van der Waals surface area contributed by atoms with Crippen molar-refractivity contribution in [1.82, 2.24) is 15.5 Å². The van der Waals surface area contributed by atoms with E-state index in [0.29, 0.717) is 17.7 Å². The molecule has 2 rings (SSSR count). The van der Waals surface area contributed by atoms with Crippen molar-refractivity contribution >= 4 is 17.9 Å². The van der Waals surface area contributed by atoms with Crippen molar-refractivity contribution in [1.29, 1.82) is 0 Å². The van der Waals surface area contributed by atoms with E-state index in [1.165, 1.54) is 6.07 Å². The van der Waals surface area contributed by atoms with Crippen molar-refractivity contribution in [2.24, 2.45) is 0 Å². The Morgan fingerprint density at radius 1 is 1.23 bits per heavy atom. The summed E-state index contributed by atoms with van der Waals surface area (Å²) in [6.07, 6.45) is 2.70. The number of ether oxygens (including phenoxy) is 1. The Bertz CT molecular complexity index is 799. The summed E-state index contributed by atoms with van der Waals surface area (Å²) in [6.45, 7) is 9.28. The second-order valence-corrected chi connectivity index (χ2v) is 8.98. The largest absolute Gasteiger partial charge is 0.508 e. The lowest BCUT2D eigenvalue weighted by atomic mass is 10.0. The van der Waals surface area contributed by atoms with Gasteiger partial charge in [-0.2, -0.15) is 0 Å². The smallest absolute Gasteiger partial charge is 0.408 e. The molecule has 0 bridgehead atoms. The lowest BCUT2D eigenvalue weighted by Gasteiger charge is -2.32. The maximum absolute atomic E-state index is 13.1. The highest BCUT2D eigenvalue weighted by molar-refractivity contribution is 5.91. The van der Waals surface area contributed by atoms with Gasteiger partial charge in [-0.05, 0) is 70.2 Å². The summed E-state index contributed by atoms with van der Waals surface area (Å²) in [5.41, 5.74) is 0.579. The first-order chi connectivity index (χ1) is 14.5. The van der Waals surface area contributed by atoms with E-state index in [9.17, 15) is 19.5 Å². The number of amides is 3. The summed E-state index contributed by atoms with van der Waals surface area (Å²) in [5.74, 6) is -0.490. The Morgan fingerprint density at radius 2 is 1.90 bits per heavy atom. The van der Waals surface area contributed by atoms with Crippen LogP contribution in [0.25, 0.3) is 0 Å². The molecule has 1 aliphatic carbocycles. The lowest BCUT2D eigenvalue weighted by Crippen LogP contribution is -2.49. The predicted octanol–water partition coefficient (Wildman–Crippen LogP) is 3.17. The minimum atomic E-state index is -0.836. The van der Waals surface area contributed by atoms with Crippen LogP contribution >= 0.6 is 0 Å². The molecule has 3 amide bonds. The first-order valence-electron chi connectivity index (χ1n) is 10.9. The normalized spacial score (nSPS) is 14.5. The molecule has 1 aromatic rings. The van der Waals surface area contributed by atoms with Crippen LogP contribution in [0.4, 0.5) is 4.79 Å². The third-order valence-corrected chi connectivity index (χ3v) is 4.90. The fourth-order valence-electron chi connectivity index (χ4n) is 3.24. The SMILES string of the molecule is CCCCNC(=O)C(c1ccc(O)c(C)c1)N(C(=O)CNC(=O)OC(C)(C)C)C1CC1. The van der Waals surface area contributed by atoms with Crippen LogP contribution in [-0.4, -0.2) is 52.6 Å². The van der Waals surface area contributed by atoms with Gasteiger partial charge in [0, 0.05) is 12.6 Å². The van der Waals surface area contributed by atoms with Crippen molar-refractivity contribution in [2.45, 2.75) is 78.0 Å². The van der Waals surface area contributed by atoms with Crippen molar-refractivity contribution in [3.63, 3.8) is 0 Å². The molecule has 1 aliphatic rings. The van der Waals surface area contributed by atoms with Gasteiger partial charge in [-0.3, -0.25) is 9.59 Å². The Morgan fingerprint density at radius 3 is 2.45 bits per heavy atom. The number of hydrogen-bond donors (Lipinski definition) is 3. The quantitative estimate of drug-likeness (QED) is 0.519. The van der Waals surface area contributed by atoms with Crippen molar-refractivity contribution in [3.05, 3.63) is 29.3 Å². The van der Waals surface area contributed by atoms with Crippen LogP contribution in [0.1, 0.15) is 70.5 Å². The average Bonchev–Trinajstić information content (AvgIpc) is 3.50. The maximum atomic E-state index is 13.1. The number of benzene rings is 1. The van der Waals surface area contributed by atoms with E-state index < -0.39 is 17.7 Å². The van der Waals surface area contributed by atoms with E-state index in [1.807, 2.05) is 6.92 Å². The molecule has 1 saturated carbocycles. The predicted molar refractivity (Wildman–Crippen MR) is 118 cm³/mol. The molecular weight excluding hydrogens is 398 g/mol. The second kappa shape index (κ2) is 10.5. The van der Waals surface area contributed by atoms with Crippen LogP contribution in [-0.2, 0) is 14.3 Å². The van der Waals surface area contributed by atoms with Gasteiger partial charge in [0.1, 0.15) is 23.9 Å². The molecule has 1 atom stereocenters. The van der Waals surface area contributed by atoms with E-state index in [0.717, 1.165) is 25.7 Å². The fraction of sp³-hybridized carbons (Fsp3) is 0.609. The number of nitrogens with one attached hydrogen (secondary N) is 2. The van der Waals surface area contributed by atoms with E-state index in [1.54, 1.807) is 44.7 Å². The maximum Gasteiger partial charge on any atom is 0.408 e. The highest BCUT2D eigenvalue weighted by Crippen LogP contribution is 2.36. The first kappa shape index (κ1) is 24.5. The number of phenols is 1. The van der Waals surface area contributed by atoms with Gasteiger partial charge < -0.3 is 25.4 Å². The second-order valence-electron chi connectivity index (χ2n) is 8.98. The van der Waals surface area contributed by atoms with Gasteiger partial charge in [0.2, 0.25) is 11.8 Å². The van der Waals surface area contributed by atoms with E-state index in [-0.39, 0.29) is 30.2 Å². The molecule has 8 heteroatoms. The molecule has 0 aliphatic heterocycles. The molecule has 31 heavy (non-hydrogen) atoms. The van der Waals surface area contributed by atoms with Gasteiger partial charge in [0.05, 0.1) is 0 Å². The Hall–Kier alpha value is -2.77. The average molecular weight is 434 g/mol. The van der Waals surface area contributed by atoms with Crippen molar-refractivity contribution in [3.8, 4) is 5.75 Å². The van der Waals surface area contributed by atoms with Gasteiger partial charge in [0.15, 0.2) is 0 Å². The summed E-state index contributed by atoms with van der Waals surface area (Å²) in [6, 6.07) is 4.02. The number of carbonyl (C=O) groups excluding carboxylic acids is 3. The van der Waals surface area contributed by atoms with Crippen LogP contribution in [0.5, 0.6) is 5.75 Å². The van der Waals surface area contributed by atoms with Crippen LogP contribution in [0.2, 0.25) is 0 Å². The molecule has 0 spiro atoms. The molecular formula is C23H35N3O5. The van der Waals surface area contributed by atoms with E-state index in [4.69, 9.17) is 4.74 Å². The Kier molecular flexibility index (Phi) is 8.30. The minimum absolute atomic E-state index is 0.0658. The summed E-state index contributed by atoms with van der Waals surface area (Å²) in [5, 5.41) is 15.3. The zero-order chi connectivity index (χ0) is 23.2. The number of aromatic hydroxyl groups is 1. The van der Waals surface area contributed by atoms with E-state index >= 15 is 0 Å². The minimum Gasteiger partial charge on any atom is -0.508 e. The molecule has 1 aromatic carbocycles. The standard InChI is InChI=1S/C23H35N3O5/c1-6-7-12-24-21(29)20(16-8-11-18(27)15(2)13-16)26(17-9-10-17)19(28)14-25-22(30)31-23(3,4)5/h8,11,13,17,20,27H,6-7,9-10,12,14H2,1-5H3,(H,24,29)(H,25,30). The molecule has 8 nitrogen and oxygen atoms in total. The highest BCUT2D eigenvalue weighted by Gasteiger charge is 2.41. The third kappa shape index (κ3) is 7.45. The monoisotopic (exact) mass is 433 g/mol. The molecule has 0 saturated heterocycles. The van der Waals surface area contributed by atoms with Crippen molar-refractivity contribution in [2.75, 3.05) is 13.1 Å². The molecule has 3 N–H and O–H groups in total. The number of unbranched alkanes of at least 4 members (excludes halogenated alkanes) is 1. The number of phenolic OH excluding ortho intramolecular Hbond substituents is 1. The number of nitrogens with zero attached hydrogens (tertiary/aromatic N) is 1. The number of hydrogen-bond acceptors (Lipinski definition) is 5. The summed E-state index contributed by atoms with van der Waals surface area (Å²) in [4.78, 5) is 39.8. The van der Waals surface area contributed by atoms with Gasteiger partial charge in [-0.15, -0.1) is 0 Å². The fourth-order valence-corrected chi connectivity index (χ4v) is 3.24. The van der Waals surface area contributed by atoms with Gasteiger partial charge in [0.25, 0.3) is 0 Å². The topological polar surface area (TPSA) is 108 Å². The Labute approximate surface area is 184 Å². The van der Waals surface area contributed by atoms with Crippen LogP contribution in [0, 0.1) is 6.92 Å². The number of carbonyl (C=O) groups is 3. The lowest BCUT2D eigenvalue weighted by molar-refractivity contribution is -0.140. The molecule has 1 fully saturated rings. The molecule has 1 unspecified atom stereocenters. The summed E-state index contributed by atoms with van der Waals surface area (Å²) < 4.78 is 5.20. The van der Waals surface area contributed by atoms with Gasteiger partial charge in [-0.25, -0.2) is 4.79 Å². The molecule has 0 heterocycles. The number of rotatable bonds is 9. The van der Waals surface area contributed by atoms with Crippen LogP contribution in [0.15, 0.2) is 18.2 Å². The van der Waals surface area contributed by atoms with Gasteiger partial charge in [-0.1, -0.05) is 19.4 Å². The molecule has 0 aromatic heterocycles. The summed E-state index contributed by atoms with van der Waals surface area (Å²) in [7, 11) is 0. The zero-order valence-corrected chi connectivity index (χ0v) is 19.2. The summed E-state index contributed by atoms with van der Waals surface area (Å²) >= 11 is 0. The van der Waals surface area contributed by atoms with Crippen molar-refractivity contribution < 1.29 is 24.2 Å². The van der Waals surface area contributed by atoms with E-state index in [2.05, 4.69) is 10.6 Å². The first-order valence-corrected chi connectivity index (χ1v) is 10.9. The third-order valence-electron chi connectivity index (χ3n) is 4.90. The zero-order valence-electron chi connectivity index (χ0n) is 19.2. The van der Waals surface area contributed by atoms with Crippen LogP contribution in [0.3, 0.4) is 0 Å². The van der Waals surface area contributed by atoms with Gasteiger partial charge >= 0.3 is 6.09 Å². The van der Waals surface area contributed by atoms with Crippen LogP contribution < -0.4 is 10.6 Å². The molecule has 0 radical (unpaired) electrons. The highest BCUT2D eigenvalue weighted by atomic mass is 16.6. The number of aryl methyl sites for hydroxylation is 1. The molecule has 172 valence electrons. The Balaban J connectivity index is 2.24. The number of alkyl carbamates (subject to hydrolysis) is 1.